The second kappa shape index (κ2) is 6.68. The van der Waals surface area contributed by atoms with E-state index in [1.807, 2.05) is 13.1 Å². The molecule has 0 amide bonds. The number of hydrogen-bond acceptors (Lipinski definition) is 4. The average Bonchev–Trinajstić information content (AvgIpc) is 2.90. The molecule has 1 N–H and O–H groups in total. The third-order valence-corrected chi connectivity index (χ3v) is 5.63. The summed E-state index contributed by atoms with van der Waals surface area (Å²) in [5.74, 6) is 0.411. The zero-order valence-electron chi connectivity index (χ0n) is 14.5. The van der Waals surface area contributed by atoms with Gasteiger partial charge in [-0.1, -0.05) is 6.07 Å². The van der Waals surface area contributed by atoms with Gasteiger partial charge < -0.3 is 19.5 Å². The third kappa shape index (κ3) is 3.58. The highest BCUT2D eigenvalue weighted by Crippen LogP contribution is 2.49. The minimum Gasteiger partial charge on any atom is -0.493 e. The van der Waals surface area contributed by atoms with Crippen LogP contribution in [0.15, 0.2) is 18.2 Å². The minimum atomic E-state index is -4.40. The Morgan fingerprint density at radius 1 is 1.28 bits per heavy atom. The molecule has 4 nitrogen and oxygen atoms in total. The number of benzene rings is 1. The summed E-state index contributed by atoms with van der Waals surface area (Å²) in [5, 5.41) is 10.0. The molecule has 2 fully saturated rings. The molecule has 1 aromatic rings. The molecule has 0 radical (unpaired) electrons. The lowest BCUT2D eigenvalue weighted by molar-refractivity contribution is -0.153. The van der Waals surface area contributed by atoms with Gasteiger partial charge in [-0.25, -0.2) is 0 Å². The molecule has 1 heterocycles. The second-order valence-corrected chi connectivity index (χ2v) is 7.10. The van der Waals surface area contributed by atoms with Gasteiger partial charge in [-0.15, -0.1) is 0 Å². The van der Waals surface area contributed by atoms with Crippen molar-refractivity contribution in [2.24, 2.45) is 0 Å². The van der Waals surface area contributed by atoms with Crippen LogP contribution in [0.5, 0.6) is 11.5 Å². The number of hydrogen-bond donors (Lipinski definition) is 1. The van der Waals surface area contributed by atoms with Crippen LogP contribution < -0.4 is 9.47 Å². The Balaban J connectivity index is 1.93. The van der Waals surface area contributed by atoms with Crippen LogP contribution in [0.2, 0.25) is 0 Å². The van der Waals surface area contributed by atoms with E-state index in [0.717, 1.165) is 24.9 Å². The van der Waals surface area contributed by atoms with Crippen molar-refractivity contribution in [2.45, 2.75) is 49.4 Å². The van der Waals surface area contributed by atoms with Crippen molar-refractivity contribution in [3.05, 3.63) is 23.8 Å². The summed E-state index contributed by atoms with van der Waals surface area (Å²) in [6.45, 7) is -0.440. The molecular formula is C18H24F3NO3. The van der Waals surface area contributed by atoms with Gasteiger partial charge >= 0.3 is 6.18 Å². The smallest absolute Gasteiger partial charge is 0.422 e. The van der Waals surface area contributed by atoms with E-state index in [4.69, 9.17) is 9.47 Å². The van der Waals surface area contributed by atoms with E-state index in [1.165, 1.54) is 7.11 Å². The SMILES string of the molecule is COc1ccc([C@@]23CC[C@@H](O)C[C@@H]2N(C)CC3)cc1OCC(F)(F)F. The lowest BCUT2D eigenvalue weighted by Crippen LogP contribution is -2.47. The molecule has 1 aliphatic heterocycles. The zero-order valence-corrected chi connectivity index (χ0v) is 14.5. The Labute approximate surface area is 145 Å². The summed E-state index contributed by atoms with van der Waals surface area (Å²) in [4.78, 5) is 2.24. The van der Waals surface area contributed by atoms with E-state index >= 15 is 0 Å². The van der Waals surface area contributed by atoms with Crippen molar-refractivity contribution in [1.82, 2.24) is 4.90 Å². The van der Waals surface area contributed by atoms with Gasteiger partial charge in [-0.2, -0.15) is 13.2 Å². The maximum Gasteiger partial charge on any atom is 0.422 e. The number of likely N-dealkylation sites (N-methyl/N-ethyl adjacent to an activating group) is 1. The Bertz CT molecular complexity index is 622. The number of halogens is 3. The largest absolute Gasteiger partial charge is 0.493 e. The molecule has 0 aromatic heterocycles. The fourth-order valence-electron chi connectivity index (χ4n) is 4.36. The van der Waals surface area contributed by atoms with Crippen molar-refractivity contribution < 1.29 is 27.8 Å². The number of rotatable bonds is 4. The zero-order chi connectivity index (χ0) is 18.2. The standard InChI is InChI=1S/C18H24F3NO3/c1-22-8-7-17(6-5-13(23)10-16(17)22)12-3-4-14(24-2)15(9-12)25-11-18(19,20)21/h3-4,9,13,16,23H,5-8,10-11H2,1-2H3/t13-,16+,17+/m1/s1. The van der Waals surface area contributed by atoms with Crippen molar-refractivity contribution in [2.75, 3.05) is 27.3 Å². The van der Waals surface area contributed by atoms with E-state index in [2.05, 4.69) is 4.90 Å². The highest BCUT2D eigenvalue weighted by atomic mass is 19.4. The maximum atomic E-state index is 12.5. The van der Waals surface area contributed by atoms with Crippen molar-refractivity contribution in [3.63, 3.8) is 0 Å². The highest BCUT2D eigenvalue weighted by molar-refractivity contribution is 5.46. The molecule has 3 rings (SSSR count). The van der Waals surface area contributed by atoms with E-state index in [0.29, 0.717) is 18.6 Å². The fraction of sp³-hybridized carbons (Fsp3) is 0.667. The van der Waals surface area contributed by atoms with Crippen LogP contribution in [0.4, 0.5) is 13.2 Å². The van der Waals surface area contributed by atoms with Crippen LogP contribution in [0.1, 0.15) is 31.2 Å². The molecule has 0 bridgehead atoms. The first-order valence-corrected chi connectivity index (χ1v) is 8.51. The number of ether oxygens (including phenoxy) is 2. The summed E-state index contributed by atoms with van der Waals surface area (Å²) in [7, 11) is 3.45. The molecule has 1 aliphatic carbocycles. The van der Waals surface area contributed by atoms with Crippen molar-refractivity contribution in [3.8, 4) is 11.5 Å². The molecule has 1 saturated carbocycles. The predicted octanol–water partition coefficient (Wildman–Crippen LogP) is 3.12. The summed E-state index contributed by atoms with van der Waals surface area (Å²) in [6, 6.07) is 5.47. The minimum absolute atomic E-state index is 0.117. The predicted molar refractivity (Wildman–Crippen MR) is 87.1 cm³/mol. The van der Waals surface area contributed by atoms with Gasteiger partial charge in [-0.05, 0) is 57.0 Å². The summed E-state index contributed by atoms with van der Waals surface area (Å²) in [5.41, 5.74) is 0.808. The average molecular weight is 359 g/mol. The van der Waals surface area contributed by atoms with Crippen LogP contribution >= 0.6 is 0 Å². The maximum absolute atomic E-state index is 12.5. The topological polar surface area (TPSA) is 41.9 Å². The first-order chi connectivity index (χ1) is 11.7. The fourth-order valence-corrected chi connectivity index (χ4v) is 4.36. The first kappa shape index (κ1) is 18.3. The van der Waals surface area contributed by atoms with Gasteiger partial charge in [0.1, 0.15) is 0 Å². The molecule has 1 saturated heterocycles. The Morgan fingerprint density at radius 2 is 2.04 bits per heavy atom. The first-order valence-electron chi connectivity index (χ1n) is 8.51. The van der Waals surface area contributed by atoms with Crippen molar-refractivity contribution in [1.29, 1.82) is 0 Å². The molecule has 0 spiro atoms. The van der Waals surface area contributed by atoms with E-state index in [-0.39, 0.29) is 23.3 Å². The molecule has 25 heavy (non-hydrogen) atoms. The van der Waals surface area contributed by atoms with Crippen LogP contribution in [0.3, 0.4) is 0 Å². The lowest BCUT2D eigenvalue weighted by Gasteiger charge is -2.43. The number of likely N-dealkylation sites (tertiary alicyclic amines) is 1. The molecule has 0 unspecified atom stereocenters. The Morgan fingerprint density at radius 3 is 2.72 bits per heavy atom. The quantitative estimate of drug-likeness (QED) is 0.897. The van der Waals surface area contributed by atoms with Gasteiger partial charge in [0, 0.05) is 11.5 Å². The van der Waals surface area contributed by atoms with Crippen molar-refractivity contribution >= 4 is 0 Å². The summed E-state index contributed by atoms with van der Waals surface area (Å²) in [6.07, 6.45) is -1.60. The number of aliphatic hydroxyl groups is 1. The van der Waals surface area contributed by atoms with Gasteiger partial charge in [-0.3, -0.25) is 0 Å². The summed E-state index contributed by atoms with van der Waals surface area (Å²) < 4.78 is 47.8. The number of fused-ring (bicyclic) bond motifs is 1. The number of methoxy groups -OCH3 is 1. The number of aliphatic hydroxyl groups excluding tert-OH is 1. The Hall–Kier alpha value is -1.47. The van der Waals surface area contributed by atoms with E-state index < -0.39 is 12.8 Å². The summed E-state index contributed by atoms with van der Waals surface area (Å²) >= 11 is 0. The number of nitrogens with zero attached hydrogens (tertiary/aromatic N) is 1. The van der Waals surface area contributed by atoms with E-state index in [9.17, 15) is 18.3 Å². The molecule has 2 aliphatic rings. The van der Waals surface area contributed by atoms with Crippen LogP contribution in [-0.4, -0.2) is 55.6 Å². The van der Waals surface area contributed by atoms with Crippen LogP contribution in [0, 0.1) is 0 Å². The molecule has 7 heteroatoms. The molecule has 3 atom stereocenters. The number of alkyl halides is 3. The monoisotopic (exact) mass is 359 g/mol. The van der Waals surface area contributed by atoms with Gasteiger partial charge in [0.25, 0.3) is 0 Å². The third-order valence-electron chi connectivity index (χ3n) is 5.63. The highest BCUT2D eigenvalue weighted by Gasteiger charge is 2.50. The van der Waals surface area contributed by atoms with E-state index in [1.54, 1.807) is 12.1 Å². The van der Waals surface area contributed by atoms with Crippen LogP contribution in [-0.2, 0) is 5.41 Å². The Kier molecular flexibility index (Phi) is 4.90. The second-order valence-electron chi connectivity index (χ2n) is 7.10. The molecule has 140 valence electrons. The lowest BCUT2D eigenvalue weighted by atomic mass is 9.65. The van der Waals surface area contributed by atoms with Gasteiger partial charge in [0.15, 0.2) is 18.1 Å². The normalized spacial score (nSPS) is 30.2. The van der Waals surface area contributed by atoms with Crippen LogP contribution in [0.25, 0.3) is 0 Å². The molecule has 1 aromatic carbocycles. The molecular weight excluding hydrogens is 335 g/mol. The van der Waals surface area contributed by atoms with Gasteiger partial charge in [0.2, 0.25) is 0 Å². The van der Waals surface area contributed by atoms with Gasteiger partial charge in [0.05, 0.1) is 13.2 Å².